The molecule has 0 amide bonds. The summed E-state index contributed by atoms with van der Waals surface area (Å²) in [5.41, 5.74) is 0.315. The van der Waals surface area contributed by atoms with Crippen molar-refractivity contribution < 1.29 is 13.0 Å². The number of hydrogen-bond acceptors (Lipinski definition) is 1. The molecule has 1 fully saturated rings. The molecule has 5 heteroatoms. The van der Waals surface area contributed by atoms with Gasteiger partial charge in [-0.1, -0.05) is 0 Å². The molecule has 0 saturated carbocycles. The van der Waals surface area contributed by atoms with Gasteiger partial charge in [-0.05, 0) is 51.8 Å². The van der Waals surface area contributed by atoms with Crippen molar-refractivity contribution in [1.82, 2.24) is 4.31 Å². The standard InChI is InChI=1S/C14H19F2NOS/c1-14(2,3)19(18)17-8-4-5-13(17)11-9-10(15)6-7-12(11)16/h6-7,9,13H,4-5,8H2,1-3H3/t13-,19-/m1/s1. The highest BCUT2D eigenvalue weighted by Crippen LogP contribution is 2.37. The average molecular weight is 287 g/mol. The number of rotatable bonds is 2. The Labute approximate surface area is 115 Å². The van der Waals surface area contributed by atoms with Crippen molar-refractivity contribution in [3.63, 3.8) is 0 Å². The Morgan fingerprint density at radius 2 is 2.00 bits per heavy atom. The van der Waals surface area contributed by atoms with Gasteiger partial charge in [0.1, 0.15) is 22.6 Å². The van der Waals surface area contributed by atoms with Gasteiger partial charge in [-0.25, -0.2) is 17.3 Å². The van der Waals surface area contributed by atoms with Crippen molar-refractivity contribution in [2.45, 2.75) is 44.4 Å². The van der Waals surface area contributed by atoms with Crippen LogP contribution in [0.4, 0.5) is 8.78 Å². The second kappa shape index (κ2) is 5.29. The quantitative estimate of drug-likeness (QED) is 0.814. The molecule has 0 unspecified atom stereocenters. The Bertz CT molecular complexity index is 499. The molecule has 2 atom stereocenters. The van der Waals surface area contributed by atoms with Gasteiger partial charge in [0.25, 0.3) is 0 Å². The minimum absolute atomic E-state index is 0.296. The molecule has 0 radical (unpaired) electrons. The van der Waals surface area contributed by atoms with Crippen LogP contribution in [0.3, 0.4) is 0 Å². The van der Waals surface area contributed by atoms with Crippen LogP contribution in [0.5, 0.6) is 0 Å². The zero-order valence-corrected chi connectivity index (χ0v) is 12.3. The topological polar surface area (TPSA) is 20.3 Å². The SMILES string of the molecule is CC(C)(C)[S@@](=O)N1CCC[C@@H]1c1cc(F)ccc1F. The van der Waals surface area contributed by atoms with Crippen molar-refractivity contribution in [2.75, 3.05) is 6.54 Å². The van der Waals surface area contributed by atoms with Crippen molar-refractivity contribution >= 4 is 11.0 Å². The Hall–Kier alpha value is -0.810. The van der Waals surface area contributed by atoms with Gasteiger partial charge in [-0.3, -0.25) is 0 Å². The Morgan fingerprint density at radius 1 is 1.32 bits per heavy atom. The second-order valence-corrected chi connectivity index (χ2v) is 8.02. The average Bonchev–Trinajstić information content (AvgIpc) is 2.78. The Balaban J connectivity index is 2.33. The highest BCUT2D eigenvalue weighted by Gasteiger charge is 2.36. The van der Waals surface area contributed by atoms with Crippen LogP contribution >= 0.6 is 0 Å². The van der Waals surface area contributed by atoms with Crippen LogP contribution in [0, 0.1) is 11.6 Å². The molecule has 2 rings (SSSR count). The number of benzene rings is 1. The molecule has 1 aromatic carbocycles. The highest BCUT2D eigenvalue weighted by atomic mass is 32.2. The van der Waals surface area contributed by atoms with Crippen LogP contribution in [0.15, 0.2) is 18.2 Å². The third kappa shape index (κ3) is 3.03. The molecule has 1 aliphatic rings. The van der Waals surface area contributed by atoms with E-state index in [1.807, 2.05) is 20.8 Å². The molecule has 0 N–H and O–H groups in total. The van der Waals surface area contributed by atoms with E-state index < -0.39 is 27.4 Å². The van der Waals surface area contributed by atoms with E-state index in [9.17, 15) is 13.0 Å². The number of nitrogens with zero attached hydrogens (tertiary/aromatic N) is 1. The van der Waals surface area contributed by atoms with E-state index in [2.05, 4.69) is 0 Å². The molecule has 0 spiro atoms. The third-order valence-corrected chi connectivity index (χ3v) is 5.17. The molecule has 0 bridgehead atoms. The molecule has 2 nitrogen and oxygen atoms in total. The lowest BCUT2D eigenvalue weighted by atomic mass is 10.0. The van der Waals surface area contributed by atoms with Crippen molar-refractivity contribution in [3.05, 3.63) is 35.4 Å². The third-order valence-electron chi connectivity index (χ3n) is 3.26. The van der Waals surface area contributed by atoms with Gasteiger partial charge in [0.2, 0.25) is 0 Å². The van der Waals surface area contributed by atoms with Crippen LogP contribution < -0.4 is 0 Å². The summed E-state index contributed by atoms with van der Waals surface area (Å²) in [7, 11) is -1.21. The van der Waals surface area contributed by atoms with Crippen molar-refractivity contribution in [3.8, 4) is 0 Å². The van der Waals surface area contributed by atoms with E-state index in [4.69, 9.17) is 0 Å². The van der Waals surface area contributed by atoms with E-state index in [1.165, 1.54) is 6.07 Å². The van der Waals surface area contributed by atoms with Crippen molar-refractivity contribution in [1.29, 1.82) is 0 Å². The number of hydrogen-bond donors (Lipinski definition) is 0. The summed E-state index contributed by atoms with van der Waals surface area (Å²) in [6.45, 7) is 6.33. The molecule has 0 aromatic heterocycles. The summed E-state index contributed by atoms with van der Waals surface area (Å²) in [5, 5.41) is 0. The van der Waals surface area contributed by atoms with E-state index in [1.54, 1.807) is 4.31 Å². The molecule has 0 aliphatic carbocycles. The van der Waals surface area contributed by atoms with Crippen LogP contribution in [-0.4, -0.2) is 19.8 Å². The van der Waals surface area contributed by atoms with Gasteiger partial charge in [-0.2, -0.15) is 0 Å². The van der Waals surface area contributed by atoms with Gasteiger partial charge in [0.05, 0.1) is 10.8 Å². The molecule has 1 saturated heterocycles. The summed E-state index contributed by atoms with van der Waals surface area (Å²) < 4.78 is 41.0. The lowest BCUT2D eigenvalue weighted by Crippen LogP contribution is -2.37. The minimum atomic E-state index is -1.21. The molecule has 1 aliphatic heterocycles. The summed E-state index contributed by atoms with van der Waals surface area (Å²) in [6, 6.07) is 3.17. The predicted octanol–water partition coefficient (Wildman–Crippen LogP) is 3.56. The normalized spacial score (nSPS) is 22.7. The summed E-state index contributed by atoms with van der Waals surface area (Å²) in [5.74, 6) is -0.881. The first kappa shape index (κ1) is 14.6. The Morgan fingerprint density at radius 3 is 2.63 bits per heavy atom. The lowest BCUT2D eigenvalue weighted by molar-refractivity contribution is 0.401. The molecule has 1 aromatic rings. The first-order chi connectivity index (χ1) is 8.80. The smallest absolute Gasteiger partial charge is 0.128 e. The van der Waals surface area contributed by atoms with E-state index in [0.717, 1.165) is 18.6 Å². The second-order valence-electron chi connectivity index (χ2n) is 5.83. The maximum Gasteiger partial charge on any atom is 0.128 e. The van der Waals surface area contributed by atoms with Crippen molar-refractivity contribution in [2.24, 2.45) is 0 Å². The van der Waals surface area contributed by atoms with Gasteiger partial charge in [-0.15, -0.1) is 0 Å². The van der Waals surface area contributed by atoms with Crippen LogP contribution in [0.1, 0.15) is 45.2 Å². The van der Waals surface area contributed by atoms with Crippen LogP contribution in [-0.2, 0) is 11.0 Å². The fourth-order valence-corrected chi connectivity index (χ4v) is 3.82. The summed E-state index contributed by atoms with van der Waals surface area (Å²) >= 11 is 0. The van der Waals surface area contributed by atoms with Gasteiger partial charge < -0.3 is 0 Å². The zero-order valence-electron chi connectivity index (χ0n) is 11.5. The zero-order chi connectivity index (χ0) is 14.2. The predicted molar refractivity (Wildman–Crippen MR) is 72.9 cm³/mol. The fourth-order valence-electron chi connectivity index (χ4n) is 2.37. The fraction of sp³-hybridized carbons (Fsp3) is 0.571. The maximum absolute atomic E-state index is 13.9. The minimum Gasteiger partial charge on any atom is -0.242 e. The molecular weight excluding hydrogens is 268 g/mol. The molecular formula is C14H19F2NOS. The van der Waals surface area contributed by atoms with Gasteiger partial charge >= 0.3 is 0 Å². The first-order valence-corrected chi connectivity index (χ1v) is 7.55. The number of halogens is 2. The molecule has 106 valence electrons. The summed E-state index contributed by atoms with van der Waals surface area (Å²) in [6.07, 6.45) is 1.56. The molecule has 1 heterocycles. The Kier molecular flexibility index (Phi) is 4.06. The van der Waals surface area contributed by atoms with E-state index >= 15 is 0 Å². The van der Waals surface area contributed by atoms with E-state index in [0.29, 0.717) is 18.5 Å². The van der Waals surface area contributed by atoms with Crippen LogP contribution in [0.25, 0.3) is 0 Å². The molecule has 19 heavy (non-hydrogen) atoms. The maximum atomic E-state index is 13.9. The van der Waals surface area contributed by atoms with Gasteiger partial charge in [0, 0.05) is 12.1 Å². The van der Waals surface area contributed by atoms with E-state index in [-0.39, 0.29) is 6.04 Å². The summed E-state index contributed by atoms with van der Waals surface area (Å²) in [4.78, 5) is 0. The first-order valence-electron chi connectivity index (χ1n) is 6.44. The van der Waals surface area contributed by atoms with Gasteiger partial charge in [0.15, 0.2) is 0 Å². The lowest BCUT2D eigenvalue weighted by Gasteiger charge is -2.30. The highest BCUT2D eigenvalue weighted by molar-refractivity contribution is 7.84. The monoisotopic (exact) mass is 287 g/mol. The van der Waals surface area contributed by atoms with Crippen LogP contribution in [0.2, 0.25) is 0 Å². The largest absolute Gasteiger partial charge is 0.242 e.